The van der Waals surface area contributed by atoms with Gasteiger partial charge in [0.1, 0.15) is 6.54 Å². The number of nitrogens with zero attached hydrogens (tertiary/aromatic N) is 4. The first-order chi connectivity index (χ1) is 9.06. The van der Waals surface area contributed by atoms with Gasteiger partial charge in [-0.2, -0.15) is 0 Å². The summed E-state index contributed by atoms with van der Waals surface area (Å²) in [5.74, 6) is -1.32. The van der Waals surface area contributed by atoms with Gasteiger partial charge in [-0.05, 0) is 11.4 Å². The fourth-order valence-electron chi connectivity index (χ4n) is 1.52. The third-order valence-electron chi connectivity index (χ3n) is 2.37. The first kappa shape index (κ1) is 13.2. The van der Waals surface area contributed by atoms with Crippen LogP contribution in [0.5, 0.6) is 0 Å². The zero-order valence-corrected chi connectivity index (χ0v) is 11.0. The Hall–Kier alpha value is -2.22. The number of carbonyl (C=O) groups excluding carboxylic acids is 1. The number of carboxylic acids is 1. The van der Waals surface area contributed by atoms with E-state index in [1.807, 2.05) is 17.5 Å². The molecule has 0 saturated heterocycles. The van der Waals surface area contributed by atoms with Gasteiger partial charge in [-0.3, -0.25) is 9.59 Å². The lowest BCUT2D eigenvalue weighted by molar-refractivity contribution is -0.137. The molecule has 0 spiro atoms. The van der Waals surface area contributed by atoms with Crippen LogP contribution in [0.4, 0.5) is 0 Å². The normalized spacial score (nSPS) is 10.4. The second-order valence-corrected chi connectivity index (χ2v) is 4.97. The van der Waals surface area contributed by atoms with Gasteiger partial charge in [0.15, 0.2) is 5.69 Å². The Kier molecular flexibility index (Phi) is 3.91. The minimum Gasteiger partial charge on any atom is -0.480 e. The molecule has 0 unspecified atom stereocenters. The first-order valence-corrected chi connectivity index (χ1v) is 6.34. The standard InChI is InChI=1S/C11H12N4O3S/c1-14(5-8-3-2-4-19-8)11(18)9-6-15(13-12-9)7-10(16)17/h2-4,6H,5,7H2,1H3,(H,16,17). The highest BCUT2D eigenvalue weighted by atomic mass is 32.1. The molecule has 0 aliphatic carbocycles. The van der Waals surface area contributed by atoms with Gasteiger partial charge in [-0.1, -0.05) is 11.3 Å². The summed E-state index contributed by atoms with van der Waals surface area (Å²) in [7, 11) is 1.66. The SMILES string of the molecule is CN(Cc1cccs1)C(=O)c1cn(CC(=O)O)nn1. The number of hydrogen-bond donors (Lipinski definition) is 1. The summed E-state index contributed by atoms with van der Waals surface area (Å²) in [4.78, 5) is 25.1. The molecule has 19 heavy (non-hydrogen) atoms. The Morgan fingerprint density at radius 3 is 2.95 bits per heavy atom. The van der Waals surface area contributed by atoms with E-state index in [4.69, 9.17) is 5.11 Å². The lowest BCUT2D eigenvalue weighted by atomic mass is 10.3. The van der Waals surface area contributed by atoms with Crippen LogP contribution in [0.15, 0.2) is 23.7 Å². The Balaban J connectivity index is 2.02. The highest BCUT2D eigenvalue weighted by molar-refractivity contribution is 7.09. The van der Waals surface area contributed by atoms with Gasteiger partial charge in [-0.15, -0.1) is 16.4 Å². The number of amides is 1. The molecule has 2 aromatic heterocycles. The number of rotatable bonds is 5. The molecule has 2 heterocycles. The first-order valence-electron chi connectivity index (χ1n) is 5.46. The molecule has 2 aromatic rings. The molecule has 100 valence electrons. The Labute approximate surface area is 113 Å². The molecule has 2 rings (SSSR count). The number of aliphatic carboxylic acids is 1. The van der Waals surface area contributed by atoms with Gasteiger partial charge in [0.25, 0.3) is 5.91 Å². The van der Waals surface area contributed by atoms with Crippen molar-refractivity contribution in [1.82, 2.24) is 19.9 Å². The molecule has 0 aliphatic rings. The fraction of sp³-hybridized carbons (Fsp3) is 0.273. The number of carboxylic acid groups (broad SMARTS) is 1. The van der Waals surface area contributed by atoms with Crippen LogP contribution < -0.4 is 0 Å². The topological polar surface area (TPSA) is 88.3 Å². The average Bonchev–Trinajstić information content (AvgIpc) is 2.98. The van der Waals surface area contributed by atoms with Crippen LogP contribution in [-0.2, 0) is 17.9 Å². The Morgan fingerprint density at radius 1 is 1.53 bits per heavy atom. The van der Waals surface area contributed by atoms with Crippen molar-refractivity contribution in [1.29, 1.82) is 0 Å². The summed E-state index contributed by atoms with van der Waals surface area (Å²) in [6, 6.07) is 3.86. The summed E-state index contributed by atoms with van der Waals surface area (Å²) in [6.07, 6.45) is 1.33. The van der Waals surface area contributed by atoms with Gasteiger partial charge < -0.3 is 10.0 Å². The molecule has 8 heteroatoms. The summed E-state index contributed by atoms with van der Waals surface area (Å²) in [6.45, 7) is 0.178. The predicted octanol–water partition coefficient (Wildman–Crippen LogP) is 0.696. The van der Waals surface area contributed by atoms with Crippen LogP contribution in [0, 0.1) is 0 Å². The summed E-state index contributed by atoms with van der Waals surface area (Å²) < 4.78 is 1.12. The molecule has 1 amide bonds. The van der Waals surface area contributed by atoms with Crippen molar-refractivity contribution in [2.75, 3.05) is 7.05 Å². The van der Waals surface area contributed by atoms with E-state index in [0.717, 1.165) is 9.56 Å². The van der Waals surface area contributed by atoms with Crippen LogP contribution in [0.25, 0.3) is 0 Å². The lowest BCUT2D eigenvalue weighted by Crippen LogP contribution is -2.26. The van der Waals surface area contributed by atoms with Crippen molar-refractivity contribution >= 4 is 23.2 Å². The highest BCUT2D eigenvalue weighted by Crippen LogP contribution is 2.12. The predicted molar refractivity (Wildman–Crippen MR) is 67.8 cm³/mol. The summed E-state index contributed by atoms with van der Waals surface area (Å²) in [5, 5.41) is 17.8. The molecular formula is C11H12N4O3S. The van der Waals surface area contributed by atoms with E-state index in [0.29, 0.717) is 6.54 Å². The quantitative estimate of drug-likeness (QED) is 0.870. The third kappa shape index (κ3) is 3.38. The fourth-order valence-corrected chi connectivity index (χ4v) is 2.27. The molecule has 0 radical (unpaired) electrons. The van der Waals surface area contributed by atoms with Crippen LogP contribution >= 0.6 is 11.3 Å². The average molecular weight is 280 g/mol. The molecule has 0 fully saturated rings. The van der Waals surface area contributed by atoms with Gasteiger partial charge in [0.05, 0.1) is 12.7 Å². The van der Waals surface area contributed by atoms with E-state index in [1.165, 1.54) is 11.1 Å². The molecule has 0 aliphatic heterocycles. The summed E-state index contributed by atoms with van der Waals surface area (Å²) >= 11 is 1.56. The maximum absolute atomic E-state index is 12.0. The highest BCUT2D eigenvalue weighted by Gasteiger charge is 2.16. The van der Waals surface area contributed by atoms with E-state index in [1.54, 1.807) is 18.4 Å². The third-order valence-corrected chi connectivity index (χ3v) is 3.24. The van der Waals surface area contributed by atoms with E-state index in [-0.39, 0.29) is 18.1 Å². The van der Waals surface area contributed by atoms with Crippen LogP contribution in [0.1, 0.15) is 15.4 Å². The Bertz CT molecular complexity index is 579. The van der Waals surface area contributed by atoms with Crippen LogP contribution in [0.2, 0.25) is 0 Å². The second-order valence-electron chi connectivity index (χ2n) is 3.94. The smallest absolute Gasteiger partial charge is 0.325 e. The number of thiophene rings is 1. The van der Waals surface area contributed by atoms with Crippen LogP contribution in [-0.4, -0.2) is 43.9 Å². The molecular weight excluding hydrogens is 268 g/mol. The lowest BCUT2D eigenvalue weighted by Gasteiger charge is -2.13. The zero-order chi connectivity index (χ0) is 13.8. The van der Waals surface area contributed by atoms with Crippen molar-refractivity contribution in [3.63, 3.8) is 0 Å². The minimum absolute atomic E-state index is 0.139. The Morgan fingerprint density at radius 2 is 2.32 bits per heavy atom. The number of hydrogen-bond acceptors (Lipinski definition) is 5. The molecule has 0 bridgehead atoms. The van der Waals surface area contributed by atoms with Gasteiger partial charge in [0.2, 0.25) is 0 Å². The van der Waals surface area contributed by atoms with E-state index in [2.05, 4.69) is 10.3 Å². The molecule has 1 N–H and O–H groups in total. The van der Waals surface area contributed by atoms with E-state index < -0.39 is 5.97 Å². The van der Waals surface area contributed by atoms with E-state index in [9.17, 15) is 9.59 Å². The monoisotopic (exact) mass is 280 g/mol. The van der Waals surface area contributed by atoms with Crippen molar-refractivity contribution in [2.45, 2.75) is 13.1 Å². The summed E-state index contributed by atoms with van der Waals surface area (Å²) in [5.41, 5.74) is 0.139. The maximum Gasteiger partial charge on any atom is 0.325 e. The van der Waals surface area contributed by atoms with Crippen molar-refractivity contribution in [3.05, 3.63) is 34.3 Å². The van der Waals surface area contributed by atoms with Crippen molar-refractivity contribution in [2.24, 2.45) is 0 Å². The largest absolute Gasteiger partial charge is 0.480 e. The van der Waals surface area contributed by atoms with Crippen molar-refractivity contribution in [3.8, 4) is 0 Å². The van der Waals surface area contributed by atoms with Crippen molar-refractivity contribution < 1.29 is 14.7 Å². The number of carbonyl (C=O) groups is 2. The van der Waals surface area contributed by atoms with Crippen LogP contribution in [0.3, 0.4) is 0 Å². The maximum atomic E-state index is 12.0. The van der Waals surface area contributed by atoms with Gasteiger partial charge in [-0.25, -0.2) is 4.68 Å². The molecule has 0 atom stereocenters. The zero-order valence-electron chi connectivity index (χ0n) is 10.2. The van der Waals surface area contributed by atoms with Gasteiger partial charge in [0, 0.05) is 11.9 Å². The van der Waals surface area contributed by atoms with Gasteiger partial charge >= 0.3 is 5.97 Å². The number of aromatic nitrogens is 3. The van der Waals surface area contributed by atoms with E-state index >= 15 is 0 Å². The minimum atomic E-state index is -1.03. The molecule has 7 nitrogen and oxygen atoms in total. The molecule has 0 aromatic carbocycles. The molecule has 0 saturated carbocycles. The second kappa shape index (κ2) is 5.61.